The van der Waals surface area contributed by atoms with Crippen molar-refractivity contribution in [1.82, 2.24) is 0 Å². The second kappa shape index (κ2) is 6.84. The molecule has 0 saturated carbocycles. The van der Waals surface area contributed by atoms with Gasteiger partial charge in [0.05, 0.1) is 19.9 Å². The first kappa shape index (κ1) is 15.0. The summed E-state index contributed by atoms with van der Waals surface area (Å²) in [6.45, 7) is 4.18. The summed E-state index contributed by atoms with van der Waals surface area (Å²) in [6.07, 6.45) is 4.60. The Labute approximate surface area is 121 Å². The zero-order chi connectivity index (χ0) is 14.5. The van der Waals surface area contributed by atoms with Crippen molar-refractivity contribution in [2.75, 3.05) is 32.2 Å². The minimum atomic E-state index is 0.106. The number of nitrogens with zero attached hydrogens (tertiary/aromatic N) is 1. The molecule has 20 heavy (non-hydrogen) atoms. The molecule has 0 spiro atoms. The molecule has 0 amide bonds. The Morgan fingerprint density at radius 1 is 1.10 bits per heavy atom. The van der Waals surface area contributed by atoms with E-state index in [2.05, 4.69) is 17.0 Å². The lowest BCUT2D eigenvalue weighted by Crippen LogP contribution is -2.29. The molecule has 112 valence electrons. The third-order valence-corrected chi connectivity index (χ3v) is 3.82. The number of hydrogen-bond donors (Lipinski definition) is 1. The zero-order valence-electron chi connectivity index (χ0n) is 12.8. The number of piperidine rings is 1. The van der Waals surface area contributed by atoms with Gasteiger partial charge in [-0.05, 0) is 44.2 Å². The van der Waals surface area contributed by atoms with Crippen LogP contribution < -0.4 is 20.1 Å². The van der Waals surface area contributed by atoms with Crippen molar-refractivity contribution < 1.29 is 9.47 Å². The smallest absolute Gasteiger partial charge is 0.142 e. The molecule has 1 saturated heterocycles. The fourth-order valence-corrected chi connectivity index (χ4v) is 2.83. The van der Waals surface area contributed by atoms with Gasteiger partial charge in [-0.15, -0.1) is 0 Å². The normalized spacial score (nSPS) is 16.9. The second-order valence-corrected chi connectivity index (χ2v) is 5.57. The summed E-state index contributed by atoms with van der Waals surface area (Å²) < 4.78 is 11.1. The van der Waals surface area contributed by atoms with Gasteiger partial charge in [-0.2, -0.15) is 0 Å². The Balaban J connectivity index is 2.35. The molecule has 1 unspecified atom stereocenters. The number of methoxy groups -OCH3 is 2. The van der Waals surface area contributed by atoms with E-state index in [0.29, 0.717) is 0 Å². The SMILES string of the molecule is COc1cc(N2CCCCC2)c(OC)cc1CC(C)N. The van der Waals surface area contributed by atoms with Gasteiger partial charge in [-0.1, -0.05) is 0 Å². The van der Waals surface area contributed by atoms with Crippen LogP contribution in [-0.2, 0) is 6.42 Å². The molecule has 2 N–H and O–H groups in total. The highest BCUT2D eigenvalue weighted by atomic mass is 16.5. The van der Waals surface area contributed by atoms with Gasteiger partial charge in [0.1, 0.15) is 11.5 Å². The molecule has 1 aliphatic rings. The largest absolute Gasteiger partial charge is 0.496 e. The first-order valence-electron chi connectivity index (χ1n) is 7.41. The van der Waals surface area contributed by atoms with E-state index >= 15 is 0 Å². The minimum absolute atomic E-state index is 0.106. The molecule has 0 aliphatic carbocycles. The van der Waals surface area contributed by atoms with Crippen LogP contribution in [0.15, 0.2) is 12.1 Å². The summed E-state index contributed by atoms with van der Waals surface area (Å²) in [5, 5.41) is 0. The molecular formula is C16H26N2O2. The Bertz CT molecular complexity index is 440. The molecule has 1 aromatic carbocycles. The van der Waals surface area contributed by atoms with E-state index in [4.69, 9.17) is 15.2 Å². The van der Waals surface area contributed by atoms with Crippen molar-refractivity contribution in [2.45, 2.75) is 38.6 Å². The predicted octanol–water partition coefficient (Wildman–Crippen LogP) is 2.58. The van der Waals surface area contributed by atoms with Crippen molar-refractivity contribution >= 4 is 5.69 Å². The van der Waals surface area contributed by atoms with Gasteiger partial charge >= 0.3 is 0 Å². The first-order chi connectivity index (χ1) is 9.65. The van der Waals surface area contributed by atoms with E-state index in [1.165, 1.54) is 19.3 Å². The molecule has 4 nitrogen and oxygen atoms in total. The van der Waals surface area contributed by atoms with Crippen molar-refractivity contribution in [3.05, 3.63) is 17.7 Å². The van der Waals surface area contributed by atoms with Gasteiger partial charge in [-0.25, -0.2) is 0 Å². The Hall–Kier alpha value is -1.42. The van der Waals surface area contributed by atoms with Crippen molar-refractivity contribution in [3.63, 3.8) is 0 Å². The van der Waals surface area contributed by atoms with Crippen LogP contribution in [-0.4, -0.2) is 33.4 Å². The topological polar surface area (TPSA) is 47.7 Å². The fourth-order valence-electron chi connectivity index (χ4n) is 2.83. The monoisotopic (exact) mass is 278 g/mol. The van der Waals surface area contributed by atoms with Gasteiger partial charge < -0.3 is 20.1 Å². The Kier molecular flexibility index (Phi) is 5.12. The van der Waals surface area contributed by atoms with Crippen LogP contribution >= 0.6 is 0 Å². The maximum absolute atomic E-state index is 5.91. The van der Waals surface area contributed by atoms with E-state index in [1.54, 1.807) is 14.2 Å². The lowest BCUT2D eigenvalue weighted by atomic mass is 10.0. The molecule has 1 heterocycles. The van der Waals surface area contributed by atoms with Crippen LogP contribution in [0.2, 0.25) is 0 Å². The Morgan fingerprint density at radius 2 is 1.75 bits per heavy atom. The summed E-state index contributed by atoms with van der Waals surface area (Å²) in [7, 11) is 3.44. The van der Waals surface area contributed by atoms with Crippen LogP contribution in [0.3, 0.4) is 0 Å². The highest BCUT2D eigenvalue weighted by molar-refractivity contribution is 5.64. The van der Waals surface area contributed by atoms with Crippen LogP contribution in [0.5, 0.6) is 11.5 Å². The van der Waals surface area contributed by atoms with Gasteiger partial charge in [0.25, 0.3) is 0 Å². The standard InChI is InChI=1S/C16H26N2O2/c1-12(17)9-13-10-16(20-3)14(11-15(13)19-2)18-7-5-4-6-8-18/h10-12H,4-9,17H2,1-3H3. The summed E-state index contributed by atoms with van der Waals surface area (Å²) in [5.74, 6) is 1.83. The number of nitrogens with two attached hydrogens (primary N) is 1. The molecule has 0 bridgehead atoms. The van der Waals surface area contributed by atoms with Gasteiger partial charge in [0, 0.05) is 25.2 Å². The maximum Gasteiger partial charge on any atom is 0.142 e. The summed E-state index contributed by atoms with van der Waals surface area (Å²) in [6, 6.07) is 4.28. The summed E-state index contributed by atoms with van der Waals surface area (Å²) in [4.78, 5) is 2.39. The van der Waals surface area contributed by atoms with Gasteiger partial charge in [0.15, 0.2) is 0 Å². The van der Waals surface area contributed by atoms with Crippen molar-refractivity contribution in [1.29, 1.82) is 0 Å². The third kappa shape index (κ3) is 3.37. The predicted molar refractivity (Wildman–Crippen MR) is 83.0 cm³/mol. The summed E-state index contributed by atoms with van der Waals surface area (Å²) in [5.41, 5.74) is 8.16. The molecule has 4 heteroatoms. The van der Waals surface area contributed by atoms with Crippen LogP contribution in [0.25, 0.3) is 0 Å². The second-order valence-electron chi connectivity index (χ2n) is 5.57. The molecule has 1 aromatic rings. The Morgan fingerprint density at radius 3 is 2.30 bits per heavy atom. The highest BCUT2D eigenvalue weighted by Gasteiger charge is 2.18. The zero-order valence-corrected chi connectivity index (χ0v) is 12.8. The minimum Gasteiger partial charge on any atom is -0.496 e. The lowest BCUT2D eigenvalue weighted by molar-refractivity contribution is 0.396. The third-order valence-electron chi connectivity index (χ3n) is 3.82. The number of benzene rings is 1. The maximum atomic E-state index is 5.91. The lowest BCUT2D eigenvalue weighted by Gasteiger charge is -2.30. The van der Waals surface area contributed by atoms with Gasteiger partial charge in [0.2, 0.25) is 0 Å². The van der Waals surface area contributed by atoms with Crippen molar-refractivity contribution in [2.24, 2.45) is 5.73 Å². The van der Waals surface area contributed by atoms with E-state index in [-0.39, 0.29) is 6.04 Å². The fraction of sp³-hybridized carbons (Fsp3) is 0.625. The quantitative estimate of drug-likeness (QED) is 0.899. The average molecular weight is 278 g/mol. The molecule has 2 rings (SSSR count). The molecule has 0 aromatic heterocycles. The molecule has 1 atom stereocenters. The van der Waals surface area contributed by atoms with E-state index in [1.807, 2.05) is 6.92 Å². The van der Waals surface area contributed by atoms with E-state index < -0.39 is 0 Å². The van der Waals surface area contributed by atoms with Crippen LogP contribution in [0.1, 0.15) is 31.7 Å². The number of ether oxygens (including phenoxy) is 2. The van der Waals surface area contributed by atoms with Crippen LogP contribution in [0, 0.1) is 0 Å². The first-order valence-corrected chi connectivity index (χ1v) is 7.41. The van der Waals surface area contributed by atoms with E-state index in [9.17, 15) is 0 Å². The van der Waals surface area contributed by atoms with E-state index in [0.717, 1.165) is 42.3 Å². The molecular weight excluding hydrogens is 252 g/mol. The number of rotatable bonds is 5. The van der Waals surface area contributed by atoms with Crippen molar-refractivity contribution in [3.8, 4) is 11.5 Å². The summed E-state index contributed by atoms with van der Waals surface area (Å²) >= 11 is 0. The average Bonchev–Trinajstić information content (AvgIpc) is 2.47. The van der Waals surface area contributed by atoms with Gasteiger partial charge in [-0.3, -0.25) is 0 Å². The highest BCUT2D eigenvalue weighted by Crippen LogP contribution is 2.37. The molecule has 0 radical (unpaired) electrons. The number of anilines is 1. The number of hydrogen-bond acceptors (Lipinski definition) is 4. The van der Waals surface area contributed by atoms with Crippen LogP contribution in [0.4, 0.5) is 5.69 Å². The molecule has 1 aliphatic heterocycles. The molecule has 1 fully saturated rings.